The van der Waals surface area contributed by atoms with E-state index < -0.39 is 11.0 Å². The van der Waals surface area contributed by atoms with Gasteiger partial charge in [0.1, 0.15) is 4.99 Å². The molecular formula is C18H13N3O3S. The zero-order valence-corrected chi connectivity index (χ0v) is 13.7. The van der Waals surface area contributed by atoms with Crippen LogP contribution in [0.1, 0.15) is 5.56 Å². The standard InChI is InChI=1S/C18H13N3O3S/c22-18(19-13-7-4-8-14(11-13)21(23)24)20-17(25)16-10-3-6-12-5-1-2-9-15(12)16/h1-11H,(H2,19,20,22,25). The maximum absolute atomic E-state index is 12.1. The first-order chi connectivity index (χ1) is 12.0. The van der Waals surface area contributed by atoms with Crippen molar-refractivity contribution < 1.29 is 9.72 Å². The fourth-order valence-corrected chi connectivity index (χ4v) is 2.72. The van der Waals surface area contributed by atoms with E-state index in [1.165, 1.54) is 18.2 Å². The number of rotatable bonds is 3. The molecule has 0 saturated heterocycles. The van der Waals surface area contributed by atoms with Crippen molar-refractivity contribution in [3.8, 4) is 0 Å². The predicted molar refractivity (Wildman–Crippen MR) is 101 cm³/mol. The van der Waals surface area contributed by atoms with E-state index in [0.29, 0.717) is 5.69 Å². The minimum atomic E-state index is -0.557. The quantitative estimate of drug-likeness (QED) is 0.420. The van der Waals surface area contributed by atoms with Crippen LogP contribution in [0.3, 0.4) is 0 Å². The van der Waals surface area contributed by atoms with Gasteiger partial charge in [-0.3, -0.25) is 15.4 Å². The van der Waals surface area contributed by atoms with Crippen molar-refractivity contribution in [2.75, 3.05) is 5.32 Å². The molecule has 0 saturated carbocycles. The van der Waals surface area contributed by atoms with Gasteiger partial charge in [-0.1, -0.05) is 60.7 Å². The highest BCUT2D eigenvalue weighted by atomic mass is 32.1. The van der Waals surface area contributed by atoms with Crippen LogP contribution in [0.5, 0.6) is 0 Å². The van der Waals surface area contributed by atoms with Crippen LogP contribution in [-0.4, -0.2) is 15.9 Å². The second-order valence-corrected chi connectivity index (χ2v) is 5.65. The second kappa shape index (κ2) is 7.06. The topological polar surface area (TPSA) is 84.3 Å². The largest absolute Gasteiger partial charge is 0.324 e. The Morgan fingerprint density at radius 2 is 1.72 bits per heavy atom. The lowest BCUT2D eigenvalue weighted by molar-refractivity contribution is -0.384. The summed E-state index contributed by atoms with van der Waals surface area (Å²) in [5, 5.41) is 17.9. The van der Waals surface area contributed by atoms with E-state index in [1.54, 1.807) is 6.07 Å². The van der Waals surface area contributed by atoms with Crippen LogP contribution in [0.25, 0.3) is 10.8 Å². The molecule has 0 aliphatic carbocycles. The summed E-state index contributed by atoms with van der Waals surface area (Å²) in [5.41, 5.74) is 0.948. The Balaban J connectivity index is 1.75. The lowest BCUT2D eigenvalue weighted by Gasteiger charge is -2.11. The number of carbonyl (C=O) groups excluding carboxylic acids is 1. The molecule has 0 fully saturated rings. The average molecular weight is 351 g/mol. The number of amides is 2. The SMILES string of the molecule is O=C(NC(=S)c1cccc2ccccc12)Nc1cccc([N+](=O)[O-])c1. The molecule has 2 N–H and O–H groups in total. The van der Waals surface area contributed by atoms with E-state index in [2.05, 4.69) is 10.6 Å². The number of urea groups is 1. The number of nitrogens with one attached hydrogen (secondary N) is 2. The number of nitro benzene ring substituents is 1. The Hall–Kier alpha value is -3.32. The van der Waals surface area contributed by atoms with Crippen molar-refractivity contribution in [1.29, 1.82) is 0 Å². The number of nitro groups is 1. The van der Waals surface area contributed by atoms with Crippen LogP contribution >= 0.6 is 12.2 Å². The molecule has 0 bridgehead atoms. The Kier molecular flexibility index (Phi) is 4.67. The summed E-state index contributed by atoms with van der Waals surface area (Å²) in [6.07, 6.45) is 0. The van der Waals surface area contributed by atoms with Crippen molar-refractivity contribution in [2.45, 2.75) is 0 Å². The smallest absolute Gasteiger partial charge is 0.307 e. The van der Waals surface area contributed by atoms with Gasteiger partial charge in [0.2, 0.25) is 0 Å². The van der Waals surface area contributed by atoms with Gasteiger partial charge < -0.3 is 5.32 Å². The molecular weight excluding hydrogens is 338 g/mol. The molecule has 0 spiro atoms. The number of benzene rings is 3. The summed E-state index contributed by atoms with van der Waals surface area (Å²) in [6, 6.07) is 18.5. The molecule has 0 atom stereocenters. The minimum absolute atomic E-state index is 0.102. The molecule has 3 rings (SSSR count). The highest BCUT2D eigenvalue weighted by molar-refractivity contribution is 7.80. The normalized spacial score (nSPS) is 10.2. The molecule has 0 aliphatic rings. The van der Waals surface area contributed by atoms with Crippen molar-refractivity contribution in [3.63, 3.8) is 0 Å². The summed E-state index contributed by atoms with van der Waals surface area (Å²) >= 11 is 5.33. The van der Waals surface area contributed by atoms with Gasteiger partial charge in [-0.05, 0) is 16.8 Å². The van der Waals surface area contributed by atoms with Crippen LogP contribution in [0, 0.1) is 10.1 Å². The Labute approximate surface area is 148 Å². The van der Waals surface area contributed by atoms with Gasteiger partial charge >= 0.3 is 6.03 Å². The summed E-state index contributed by atoms with van der Waals surface area (Å²) in [5.74, 6) is 0. The van der Waals surface area contributed by atoms with E-state index in [4.69, 9.17) is 12.2 Å². The number of carbonyl (C=O) groups is 1. The number of non-ortho nitro benzene ring substituents is 1. The minimum Gasteiger partial charge on any atom is -0.307 e. The summed E-state index contributed by atoms with van der Waals surface area (Å²) in [4.78, 5) is 22.7. The maximum atomic E-state index is 12.1. The number of thiocarbonyl (C=S) groups is 1. The van der Waals surface area contributed by atoms with Gasteiger partial charge in [-0.25, -0.2) is 4.79 Å². The molecule has 0 radical (unpaired) electrons. The monoisotopic (exact) mass is 351 g/mol. The molecule has 7 heteroatoms. The van der Waals surface area contributed by atoms with E-state index in [-0.39, 0.29) is 10.7 Å². The highest BCUT2D eigenvalue weighted by Gasteiger charge is 2.11. The molecule has 0 aromatic heterocycles. The van der Waals surface area contributed by atoms with Crippen LogP contribution < -0.4 is 10.6 Å². The first-order valence-corrected chi connectivity index (χ1v) is 7.80. The van der Waals surface area contributed by atoms with Crippen molar-refractivity contribution in [3.05, 3.63) is 82.4 Å². The van der Waals surface area contributed by atoms with Gasteiger partial charge in [0, 0.05) is 23.4 Å². The molecule has 0 aliphatic heterocycles. The zero-order chi connectivity index (χ0) is 17.8. The summed E-state index contributed by atoms with van der Waals surface area (Å²) in [7, 11) is 0. The molecule has 2 amide bonds. The summed E-state index contributed by atoms with van der Waals surface area (Å²) in [6.45, 7) is 0. The van der Waals surface area contributed by atoms with Crippen LogP contribution in [0.4, 0.5) is 16.2 Å². The summed E-state index contributed by atoms with van der Waals surface area (Å²) < 4.78 is 0. The van der Waals surface area contributed by atoms with E-state index in [0.717, 1.165) is 16.3 Å². The van der Waals surface area contributed by atoms with Crippen LogP contribution in [0.2, 0.25) is 0 Å². The van der Waals surface area contributed by atoms with Crippen molar-refractivity contribution >= 4 is 45.4 Å². The molecule has 6 nitrogen and oxygen atoms in total. The molecule has 0 unspecified atom stereocenters. The van der Waals surface area contributed by atoms with Gasteiger partial charge in [-0.2, -0.15) is 0 Å². The third kappa shape index (κ3) is 3.78. The fourth-order valence-electron chi connectivity index (χ4n) is 2.45. The first-order valence-electron chi connectivity index (χ1n) is 7.39. The lowest BCUT2D eigenvalue weighted by atomic mass is 10.0. The first kappa shape index (κ1) is 16.5. The lowest BCUT2D eigenvalue weighted by Crippen LogP contribution is -2.33. The number of hydrogen-bond donors (Lipinski definition) is 2. The van der Waals surface area contributed by atoms with Gasteiger partial charge in [0.05, 0.1) is 4.92 Å². The number of fused-ring (bicyclic) bond motifs is 1. The Morgan fingerprint density at radius 3 is 2.52 bits per heavy atom. The number of nitrogens with zero attached hydrogens (tertiary/aromatic N) is 1. The van der Waals surface area contributed by atoms with Gasteiger partial charge in [0.15, 0.2) is 0 Å². The Morgan fingerprint density at radius 1 is 1.00 bits per heavy atom. The van der Waals surface area contributed by atoms with Gasteiger partial charge in [0.25, 0.3) is 5.69 Å². The molecule has 25 heavy (non-hydrogen) atoms. The number of hydrogen-bond acceptors (Lipinski definition) is 4. The van der Waals surface area contributed by atoms with Crippen molar-refractivity contribution in [2.24, 2.45) is 0 Å². The van der Waals surface area contributed by atoms with E-state index in [1.807, 2.05) is 42.5 Å². The Bertz CT molecular complexity index is 983. The van der Waals surface area contributed by atoms with Gasteiger partial charge in [-0.15, -0.1) is 0 Å². The van der Waals surface area contributed by atoms with E-state index >= 15 is 0 Å². The molecule has 3 aromatic carbocycles. The van der Waals surface area contributed by atoms with Crippen LogP contribution in [-0.2, 0) is 0 Å². The fraction of sp³-hybridized carbons (Fsp3) is 0. The van der Waals surface area contributed by atoms with E-state index in [9.17, 15) is 14.9 Å². The average Bonchev–Trinajstić information content (AvgIpc) is 2.61. The van der Waals surface area contributed by atoms with Crippen LogP contribution in [0.15, 0.2) is 66.7 Å². The molecule has 0 heterocycles. The third-order valence-electron chi connectivity index (χ3n) is 3.58. The predicted octanol–water partition coefficient (Wildman–Crippen LogP) is 4.25. The second-order valence-electron chi connectivity index (χ2n) is 5.24. The maximum Gasteiger partial charge on any atom is 0.324 e. The third-order valence-corrected chi connectivity index (χ3v) is 3.90. The molecule has 124 valence electrons. The number of anilines is 1. The van der Waals surface area contributed by atoms with Crippen molar-refractivity contribution in [1.82, 2.24) is 5.32 Å². The zero-order valence-electron chi connectivity index (χ0n) is 12.9. The highest BCUT2D eigenvalue weighted by Crippen LogP contribution is 2.19. The molecule has 3 aromatic rings.